The number of aryl methyl sites for hydroxylation is 1. The third-order valence-corrected chi connectivity index (χ3v) is 4.95. The summed E-state index contributed by atoms with van der Waals surface area (Å²) in [7, 11) is 0. The molecule has 0 bridgehead atoms. The number of allylic oxidation sites excluding steroid dienone is 1. The Bertz CT molecular complexity index is 1040. The molecule has 5 rings (SSSR count). The Morgan fingerprint density at radius 2 is 1.27 bits per heavy atom. The van der Waals surface area contributed by atoms with Gasteiger partial charge in [0.25, 0.3) is 0 Å². The quantitative estimate of drug-likeness (QED) is 0.421. The van der Waals surface area contributed by atoms with E-state index >= 15 is 0 Å². The number of rotatable bonds is 3. The van der Waals surface area contributed by atoms with Crippen molar-refractivity contribution in [3.05, 3.63) is 102 Å². The highest BCUT2D eigenvalue weighted by Crippen LogP contribution is 2.38. The van der Waals surface area contributed by atoms with Crippen LogP contribution >= 0.6 is 0 Å². The lowest BCUT2D eigenvalue weighted by molar-refractivity contribution is 0.542. The molecule has 0 amide bonds. The predicted molar refractivity (Wildman–Crippen MR) is 108 cm³/mol. The molecule has 0 atom stereocenters. The fourth-order valence-corrected chi connectivity index (χ4v) is 3.75. The maximum Gasteiger partial charge on any atom is 0.134 e. The summed E-state index contributed by atoms with van der Waals surface area (Å²) in [5.74, 6) is 1.09. The van der Waals surface area contributed by atoms with Crippen LogP contribution in [0.25, 0.3) is 17.0 Å². The highest BCUT2D eigenvalue weighted by atomic mass is 16.3. The van der Waals surface area contributed by atoms with Crippen LogP contribution in [0.5, 0.6) is 0 Å². The van der Waals surface area contributed by atoms with E-state index in [-0.39, 0.29) is 0 Å². The molecule has 1 aromatic heterocycles. The van der Waals surface area contributed by atoms with Crippen LogP contribution in [0.3, 0.4) is 0 Å². The van der Waals surface area contributed by atoms with Crippen molar-refractivity contribution >= 4 is 28.4 Å². The molecule has 126 valence electrons. The van der Waals surface area contributed by atoms with E-state index < -0.39 is 0 Å². The van der Waals surface area contributed by atoms with Crippen LogP contribution in [0.2, 0.25) is 0 Å². The summed E-state index contributed by atoms with van der Waals surface area (Å²) < 4.78 is 6.07. The number of para-hydroxylation sites is 3. The van der Waals surface area contributed by atoms with Gasteiger partial charge in [-0.3, -0.25) is 0 Å². The Morgan fingerprint density at radius 1 is 0.654 bits per heavy atom. The summed E-state index contributed by atoms with van der Waals surface area (Å²) >= 11 is 0. The molecule has 1 aliphatic rings. The molecule has 0 radical (unpaired) electrons. The third kappa shape index (κ3) is 2.51. The van der Waals surface area contributed by atoms with Crippen LogP contribution in [0.1, 0.15) is 17.7 Å². The molecule has 26 heavy (non-hydrogen) atoms. The second kappa shape index (κ2) is 6.23. The van der Waals surface area contributed by atoms with Crippen LogP contribution in [0, 0.1) is 0 Å². The molecule has 0 fully saturated rings. The SMILES string of the molecule is C1=C(N(c2ccccc2)c2ccccc2)CCc2oc3ccccc3c21. The minimum Gasteiger partial charge on any atom is -0.460 e. The van der Waals surface area contributed by atoms with Crippen molar-refractivity contribution in [3.8, 4) is 0 Å². The average Bonchev–Trinajstić information content (AvgIpc) is 3.08. The van der Waals surface area contributed by atoms with E-state index in [4.69, 9.17) is 4.42 Å². The van der Waals surface area contributed by atoms with Gasteiger partial charge in [-0.2, -0.15) is 0 Å². The molecule has 2 heteroatoms. The van der Waals surface area contributed by atoms with Crippen molar-refractivity contribution in [1.82, 2.24) is 0 Å². The second-order valence-corrected chi connectivity index (χ2v) is 6.58. The van der Waals surface area contributed by atoms with Crippen molar-refractivity contribution in [3.63, 3.8) is 0 Å². The highest BCUT2D eigenvalue weighted by molar-refractivity contribution is 5.90. The third-order valence-electron chi connectivity index (χ3n) is 4.95. The first-order valence-corrected chi connectivity index (χ1v) is 9.01. The summed E-state index contributed by atoms with van der Waals surface area (Å²) in [6, 6.07) is 29.4. The van der Waals surface area contributed by atoms with Crippen LogP contribution in [0.4, 0.5) is 11.4 Å². The van der Waals surface area contributed by atoms with Crippen molar-refractivity contribution in [2.75, 3.05) is 4.90 Å². The highest BCUT2D eigenvalue weighted by Gasteiger charge is 2.22. The zero-order valence-electron chi connectivity index (χ0n) is 14.4. The summed E-state index contributed by atoms with van der Waals surface area (Å²) in [6.45, 7) is 0. The Hall–Kier alpha value is -3.26. The maximum absolute atomic E-state index is 6.07. The van der Waals surface area contributed by atoms with Crippen molar-refractivity contribution in [2.24, 2.45) is 0 Å². The van der Waals surface area contributed by atoms with Gasteiger partial charge in [0.15, 0.2) is 0 Å². The predicted octanol–water partition coefficient (Wildman–Crippen LogP) is 6.56. The van der Waals surface area contributed by atoms with Crippen molar-refractivity contribution < 1.29 is 4.42 Å². The Balaban J connectivity index is 1.68. The first-order valence-electron chi connectivity index (χ1n) is 9.01. The van der Waals surface area contributed by atoms with Crippen LogP contribution in [-0.4, -0.2) is 0 Å². The lowest BCUT2D eigenvalue weighted by atomic mass is 9.98. The van der Waals surface area contributed by atoms with Gasteiger partial charge in [-0.05, 0) is 42.8 Å². The molecule has 2 nitrogen and oxygen atoms in total. The molecule has 0 saturated carbocycles. The molecule has 1 aliphatic carbocycles. The molecule has 0 aliphatic heterocycles. The van der Waals surface area contributed by atoms with E-state index in [1.165, 1.54) is 28.0 Å². The Morgan fingerprint density at radius 3 is 1.96 bits per heavy atom. The molecule has 0 spiro atoms. The zero-order chi connectivity index (χ0) is 17.3. The number of hydrogen-bond acceptors (Lipinski definition) is 2. The molecule has 4 aromatic rings. The largest absolute Gasteiger partial charge is 0.460 e. The van der Waals surface area contributed by atoms with Gasteiger partial charge in [0, 0.05) is 34.4 Å². The van der Waals surface area contributed by atoms with E-state index in [1.54, 1.807) is 0 Å². The molecule has 0 unspecified atom stereocenters. The first kappa shape index (κ1) is 15.0. The minimum atomic E-state index is 0.923. The van der Waals surface area contributed by atoms with Gasteiger partial charge in [0.1, 0.15) is 11.3 Å². The molecule has 3 aromatic carbocycles. The number of nitrogens with zero attached hydrogens (tertiary/aromatic N) is 1. The van der Waals surface area contributed by atoms with Crippen molar-refractivity contribution in [2.45, 2.75) is 12.8 Å². The van der Waals surface area contributed by atoms with Crippen LogP contribution in [0.15, 0.2) is 95.0 Å². The number of anilines is 2. The fraction of sp³-hybridized carbons (Fsp3) is 0.0833. The standard InChI is InChI=1S/C24H19NO/c1-3-9-18(10-4-1)25(19-11-5-2-6-12-19)20-15-16-24-22(17-20)21-13-7-8-14-23(21)26-24/h1-14,17H,15-16H2. The van der Waals surface area contributed by atoms with Gasteiger partial charge in [-0.25, -0.2) is 0 Å². The van der Waals surface area contributed by atoms with E-state index in [2.05, 4.69) is 83.8 Å². The Labute approximate surface area is 153 Å². The van der Waals surface area contributed by atoms with Gasteiger partial charge in [0.05, 0.1) is 0 Å². The van der Waals surface area contributed by atoms with Gasteiger partial charge in [-0.1, -0.05) is 54.6 Å². The summed E-state index contributed by atoms with van der Waals surface area (Å²) in [5, 5.41) is 1.20. The fourth-order valence-electron chi connectivity index (χ4n) is 3.75. The lowest BCUT2D eigenvalue weighted by Gasteiger charge is -2.29. The average molecular weight is 337 g/mol. The lowest BCUT2D eigenvalue weighted by Crippen LogP contribution is -2.18. The Kier molecular flexibility index (Phi) is 3.60. The summed E-state index contributed by atoms with van der Waals surface area (Å²) in [5.41, 5.74) is 5.85. The van der Waals surface area contributed by atoms with Gasteiger partial charge in [-0.15, -0.1) is 0 Å². The number of hydrogen-bond donors (Lipinski definition) is 0. The summed E-state index contributed by atoms with van der Waals surface area (Å²) in [4.78, 5) is 2.35. The van der Waals surface area contributed by atoms with Gasteiger partial charge < -0.3 is 9.32 Å². The normalized spacial score (nSPS) is 13.3. The number of benzene rings is 3. The molecule has 0 saturated heterocycles. The summed E-state index contributed by atoms with van der Waals surface area (Å²) in [6.07, 6.45) is 4.17. The zero-order valence-corrected chi connectivity index (χ0v) is 14.4. The monoisotopic (exact) mass is 337 g/mol. The number of furan rings is 1. The maximum atomic E-state index is 6.07. The smallest absolute Gasteiger partial charge is 0.134 e. The molecular weight excluding hydrogens is 318 g/mol. The molecule has 0 N–H and O–H groups in total. The van der Waals surface area contributed by atoms with Gasteiger partial charge >= 0.3 is 0 Å². The minimum absolute atomic E-state index is 0.923. The van der Waals surface area contributed by atoms with Gasteiger partial charge in [0.2, 0.25) is 0 Å². The van der Waals surface area contributed by atoms with E-state index in [1.807, 2.05) is 12.1 Å². The van der Waals surface area contributed by atoms with E-state index in [9.17, 15) is 0 Å². The van der Waals surface area contributed by atoms with Crippen molar-refractivity contribution in [1.29, 1.82) is 0 Å². The van der Waals surface area contributed by atoms with E-state index in [0.29, 0.717) is 0 Å². The van der Waals surface area contributed by atoms with Crippen LogP contribution in [-0.2, 0) is 6.42 Å². The van der Waals surface area contributed by atoms with E-state index in [0.717, 1.165) is 24.2 Å². The second-order valence-electron chi connectivity index (χ2n) is 6.58. The topological polar surface area (TPSA) is 16.4 Å². The first-order chi connectivity index (χ1) is 12.9. The van der Waals surface area contributed by atoms with Crippen LogP contribution < -0.4 is 4.90 Å². The molecular formula is C24H19NO. The molecule has 1 heterocycles. The number of fused-ring (bicyclic) bond motifs is 3.